The van der Waals surface area contributed by atoms with E-state index in [9.17, 15) is 0 Å². The van der Waals surface area contributed by atoms with Gasteiger partial charge in [-0.15, -0.1) is 11.3 Å². The van der Waals surface area contributed by atoms with Crippen molar-refractivity contribution < 1.29 is 0 Å². The molecule has 0 aliphatic carbocycles. The highest BCUT2D eigenvalue weighted by Crippen LogP contribution is 2.34. The molecule has 0 N–H and O–H groups in total. The van der Waals surface area contributed by atoms with Crippen LogP contribution in [0.4, 0.5) is 0 Å². The Labute approximate surface area is 93.3 Å². The maximum Gasteiger partial charge on any atom is 0.132 e. The van der Waals surface area contributed by atoms with Gasteiger partial charge in [0, 0.05) is 7.05 Å². The predicted molar refractivity (Wildman–Crippen MR) is 59.2 cm³/mol. The van der Waals surface area contributed by atoms with Crippen molar-refractivity contribution in [3.8, 4) is 10.6 Å². The van der Waals surface area contributed by atoms with Crippen LogP contribution in [0.3, 0.4) is 0 Å². The van der Waals surface area contributed by atoms with Gasteiger partial charge in [0.1, 0.15) is 4.60 Å². The first kappa shape index (κ1) is 9.24. The van der Waals surface area contributed by atoms with Crippen molar-refractivity contribution >= 4 is 38.9 Å². The van der Waals surface area contributed by atoms with Crippen molar-refractivity contribution in [3.05, 3.63) is 27.4 Å². The van der Waals surface area contributed by atoms with Crippen LogP contribution in [0.1, 0.15) is 0 Å². The maximum absolute atomic E-state index is 5.86. The van der Waals surface area contributed by atoms with Crippen LogP contribution in [-0.2, 0) is 7.05 Å². The molecule has 0 saturated carbocycles. The lowest BCUT2D eigenvalue weighted by molar-refractivity contribution is 0.923. The highest BCUT2D eigenvalue weighted by atomic mass is 79.9. The second-order valence-electron chi connectivity index (χ2n) is 2.60. The zero-order valence-corrected chi connectivity index (χ0v) is 9.95. The summed E-state index contributed by atoms with van der Waals surface area (Å²) in [4.78, 5) is 5.27. The van der Waals surface area contributed by atoms with Gasteiger partial charge < -0.3 is 4.57 Å². The summed E-state index contributed by atoms with van der Waals surface area (Å²) in [5.41, 5.74) is 1.07. The van der Waals surface area contributed by atoms with Crippen LogP contribution in [0.25, 0.3) is 10.6 Å². The Bertz CT molecular complexity index is 416. The smallest absolute Gasteiger partial charge is 0.132 e. The number of aromatic nitrogens is 2. The Morgan fingerprint density at radius 1 is 1.54 bits per heavy atom. The van der Waals surface area contributed by atoms with E-state index in [4.69, 9.17) is 11.6 Å². The van der Waals surface area contributed by atoms with Gasteiger partial charge in [-0.05, 0) is 28.1 Å². The summed E-state index contributed by atoms with van der Waals surface area (Å²) >= 11 is 10.8. The van der Waals surface area contributed by atoms with E-state index in [2.05, 4.69) is 20.9 Å². The first-order valence-electron chi connectivity index (χ1n) is 3.61. The zero-order chi connectivity index (χ0) is 9.42. The standard InChI is InChI=1S/C8H6BrClN2S/c1-12-4-11-8(9)7(12)5-2-3-6(10)13-5/h2-4H,1H3. The average molecular weight is 278 g/mol. The Balaban J connectivity index is 2.57. The fourth-order valence-corrected chi connectivity index (χ4v) is 2.97. The van der Waals surface area contributed by atoms with Gasteiger partial charge in [0.05, 0.1) is 21.2 Å². The molecule has 2 heterocycles. The van der Waals surface area contributed by atoms with E-state index in [-0.39, 0.29) is 0 Å². The molecule has 0 atom stereocenters. The van der Waals surface area contributed by atoms with Gasteiger partial charge in [0.2, 0.25) is 0 Å². The molecule has 0 radical (unpaired) electrons. The number of nitrogens with zero attached hydrogens (tertiary/aromatic N) is 2. The number of thiophene rings is 1. The molecule has 0 fully saturated rings. The van der Waals surface area contributed by atoms with Crippen molar-refractivity contribution in [1.82, 2.24) is 9.55 Å². The lowest BCUT2D eigenvalue weighted by Gasteiger charge is -1.97. The summed E-state index contributed by atoms with van der Waals surface area (Å²) in [7, 11) is 1.96. The van der Waals surface area contributed by atoms with Crippen LogP contribution in [0.2, 0.25) is 4.34 Å². The van der Waals surface area contributed by atoms with Crippen molar-refractivity contribution in [3.63, 3.8) is 0 Å². The summed E-state index contributed by atoms with van der Waals surface area (Å²) in [6.07, 6.45) is 1.77. The third-order valence-electron chi connectivity index (χ3n) is 1.70. The van der Waals surface area contributed by atoms with E-state index in [0.29, 0.717) is 0 Å². The largest absolute Gasteiger partial charge is 0.332 e. The van der Waals surface area contributed by atoms with E-state index in [1.807, 2.05) is 23.7 Å². The van der Waals surface area contributed by atoms with Crippen molar-refractivity contribution in [2.45, 2.75) is 0 Å². The molecule has 68 valence electrons. The van der Waals surface area contributed by atoms with Crippen LogP contribution >= 0.6 is 38.9 Å². The van der Waals surface area contributed by atoms with Gasteiger partial charge in [0.25, 0.3) is 0 Å². The third kappa shape index (κ3) is 1.66. The van der Waals surface area contributed by atoms with E-state index < -0.39 is 0 Å². The van der Waals surface area contributed by atoms with Gasteiger partial charge in [-0.25, -0.2) is 4.98 Å². The average Bonchev–Trinajstić information content (AvgIpc) is 2.60. The molecule has 0 bridgehead atoms. The molecule has 2 rings (SSSR count). The van der Waals surface area contributed by atoms with Crippen LogP contribution in [0, 0.1) is 0 Å². The molecule has 5 heteroatoms. The quantitative estimate of drug-likeness (QED) is 0.779. The number of imidazole rings is 1. The number of halogens is 2. The number of hydrogen-bond acceptors (Lipinski definition) is 2. The van der Waals surface area contributed by atoms with E-state index in [1.165, 1.54) is 0 Å². The van der Waals surface area contributed by atoms with Gasteiger partial charge >= 0.3 is 0 Å². The molecule has 0 aliphatic rings. The number of aryl methyl sites for hydroxylation is 1. The molecular weight excluding hydrogens is 272 g/mol. The van der Waals surface area contributed by atoms with E-state index in [1.54, 1.807) is 17.7 Å². The fourth-order valence-electron chi connectivity index (χ4n) is 1.12. The van der Waals surface area contributed by atoms with Crippen molar-refractivity contribution in [2.24, 2.45) is 7.05 Å². The third-order valence-corrected chi connectivity index (χ3v) is 3.52. The van der Waals surface area contributed by atoms with Gasteiger partial charge in [-0.3, -0.25) is 0 Å². The molecular formula is C8H6BrClN2S. The first-order chi connectivity index (χ1) is 6.18. The first-order valence-corrected chi connectivity index (χ1v) is 5.60. The highest BCUT2D eigenvalue weighted by molar-refractivity contribution is 9.10. The Kier molecular flexibility index (Phi) is 2.45. The summed E-state index contributed by atoms with van der Waals surface area (Å²) < 4.78 is 3.61. The maximum atomic E-state index is 5.86. The number of hydrogen-bond donors (Lipinski definition) is 0. The minimum Gasteiger partial charge on any atom is -0.332 e. The molecule has 13 heavy (non-hydrogen) atoms. The van der Waals surface area contributed by atoms with Gasteiger partial charge in [-0.2, -0.15) is 0 Å². The fraction of sp³-hybridized carbons (Fsp3) is 0.125. The summed E-state index contributed by atoms with van der Waals surface area (Å²) in [6, 6.07) is 3.88. The topological polar surface area (TPSA) is 17.8 Å². The normalized spacial score (nSPS) is 10.7. The van der Waals surface area contributed by atoms with E-state index >= 15 is 0 Å². The Morgan fingerprint density at radius 2 is 2.31 bits per heavy atom. The van der Waals surface area contributed by atoms with Gasteiger partial charge in [0.15, 0.2) is 0 Å². The zero-order valence-electron chi connectivity index (χ0n) is 6.79. The molecule has 2 aromatic heterocycles. The van der Waals surface area contributed by atoms with Crippen molar-refractivity contribution in [1.29, 1.82) is 0 Å². The number of rotatable bonds is 1. The second-order valence-corrected chi connectivity index (χ2v) is 5.06. The highest BCUT2D eigenvalue weighted by Gasteiger charge is 2.10. The van der Waals surface area contributed by atoms with Gasteiger partial charge in [-0.1, -0.05) is 11.6 Å². The Hall–Kier alpha value is -0.320. The predicted octanol–water partition coefficient (Wildman–Crippen LogP) is 3.56. The lowest BCUT2D eigenvalue weighted by Crippen LogP contribution is -1.86. The monoisotopic (exact) mass is 276 g/mol. The van der Waals surface area contributed by atoms with Crippen LogP contribution < -0.4 is 0 Å². The second kappa shape index (κ2) is 3.44. The van der Waals surface area contributed by atoms with E-state index in [0.717, 1.165) is 19.5 Å². The minimum atomic E-state index is 0.795. The Morgan fingerprint density at radius 3 is 2.77 bits per heavy atom. The molecule has 0 spiro atoms. The molecule has 0 aromatic carbocycles. The minimum absolute atomic E-state index is 0.795. The molecule has 0 aliphatic heterocycles. The van der Waals surface area contributed by atoms with Crippen molar-refractivity contribution in [2.75, 3.05) is 0 Å². The summed E-state index contributed by atoms with van der Waals surface area (Å²) in [5, 5.41) is 0. The molecule has 2 aromatic rings. The molecule has 2 nitrogen and oxygen atoms in total. The molecule has 0 saturated heterocycles. The van der Waals surface area contributed by atoms with Crippen LogP contribution in [-0.4, -0.2) is 9.55 Å². The summed E-state index contributed by atoms with van der Waals surface area (Å²) in [5.74, 6) is 0. The molecule has 0 unspecified atom stereocenters. The lowest BCUT2D eigenvalue weighted by atomic mass is 10.4. The van der Waals surface area contributed by atoms with Crippen LogP contribution in [0.15, 0.2) is 23.1 Å². The summed E-state index contributed by atoms with van der Waals surface area (Å²) in [6.45, 7) is 0. The van der Waals surface area contributed by atoms with Crippen LogP contribution in [0.5, 0.6) is 0 Å². The SMILES string of the molecule is Cn1cnc(Br)c1-c1ccc(Cl)s1. The molecule has 0 amide bonds.